The van der Waals surface area contributed by atoms with Gasteiger partial charge in [-0.25, -0.2) is 0 Å². The Labute approximate surface area is 140 Å². The van der Waals surface area contributed by atoms with Gasteiger partial charge < -0.3 is 4.90 Å². The number of benzene rings is 2. The molecular weight excluding hydrogens is 282 g/mol. The van der Waals surface area contributed by atoms with Crippen LogP contribution in [-0.4, -0.2) is 31.3 Å². The zero-order chi connectivity index (χ0) is 16.7. The maximum Gasteiger partial charge on any atom is 0.147 e. The molecule has 0 radical (unpaired) electrons. The lowest BCUT2D eigenvalue weighted by Crippen LogP contribution is -2.40. The Morgan fingerprint density at radius 2 is 1.39 bits per heavy atom. The standard InChI is InChI=1S/C21H27NO/c1-4-11-20(23)21(16-17-22(2)3,18-12-7-5-8-13-18)19-14-9-6-10-15-19/h5-10,12-15H,4,11,16-17H2,1-3H3. The van der Waals surface area contributed by atoms with Gasteiger partial charge in [0.15, 0.2) is 0 Å². The predicted molar refractivity (Wildman–Crippen MR) is 96.8 cm³/mol. The average molecular weight is 309 g/mol. The first-order valence-electron chi connectivity index (χ1n) is 8.40. The first kappa shape index (κ1) is 17.4. The highest BCUT2D eigenvalue weighted by molar-refractivity contribution is 5.93. The number of Topliss-reactive ketones (excluding diaryl/α,β-unsaturated/α-hetero) is 1. The van der Waals surface area contributed by atoms with Crippen molar-refractivity contribution in [1.82, 2.24) is 4.90 Å². The molecule has 23 heavy (non-hydrogen) atoms. The second kappa shape index (κ2) is 8.07. The van der Waals surface area contributed by atoms with Crippen molar-refractivity contribution in [2.45, 2.75) is 31.6 Å². The van der Waals surface area contributed by atoms with E-state index in [-0.39, 0.29) is 0 Å². The van der Waals surface area contributed by atoms with Gasteiger partial charge in [0, 0.05) is 6.42 Å². The summed E-state index contributed by atoms with van der Waals surface area (Å²) in [5.41, 5.74) is 1.65. The largest absolute Gasteiger partial charge is 0.309 e. The summed E-state index contributed by atoms with van der Waals surface area (Å²) in [4.78, 5) is 15.4. The van der Waals surface area contributed by atoms with Gasteiger partial charge in [-0.1, -0.05) is 67.6 Å². The molecule has 2 nitrogen and oxygen atoms in total. The van der Waals surface area contributed by atoms with E-state index in [1.165, 1.54) is 0 Å². The molecule has 2 aromatic carbocycles. The van der Waals surface area contributed by atoms with E-state index in [2.05, 4.69) is 50.2 Å². The Balaban J connectivity index is 2.60. The minimum Gasteiger partial charge on any atom is -0.309 e. The molecule has 0 aliphatic rings. The monoisotopic (exact) mass is 309 g/mol. The Hall–Kier alpha value is -1.93. The lowest BCUT2D eigenvalue weighted by molar-refractivity contribution is -0.123. The second-order valence-electron chi connectivity index (χ2n) is 6.36. The summed E-state index contributed by atoms with van der Waals surface area (Å²) < 4.78 is 0. The van der Waals surface area contributed by atoms with E-state index in [0.717, 1.165) is 30.5 Å². The van der Waals surface area contributed by atoms with Crippen LogP contribution in [0.4, 0.5) is 0 Å². The van der Waals surface area contributed by atoms with Gasteiger partial charge in [0.05, 0.1) is 5.41 Å². The van der Waals surface area contributed by atoms with E-state index in [1.54, 1.807) is 0 Å². The fraction of sp³-hybridized carbons (Fsp3) is 0.381. The van der Waals surface area contributed by atoms with Gasteiger partial charge in [-0.05, 0) is 44.6 Å². The van der Waals surface area contributed by atoms with Crippen LogP contribution in [0.3, 0.4) is 0 Å². The highest BCUT2D eigenvalue weighted by Gasteiger charge is 2.40. The number of carbonyl (C=O) groups is 1. The van der Waals surface area contributed by atoms with E-state index >= 15 is 0 Å². The van der Waals surface area contributed by atoms with Crippen LogP contribution in [0.1, 0.15) is 37.3 Å². The summed E-state index contributed by atoms with van der Waals surface area (Å²) in [5, 5.41) is 0. The van der Waals surface area contributed by atoms with Crippen LogP contribution in [0.5, 0.6) is 0 Å². The van der Waals surface area contributed by atoms with Crippen molar-refractivity contribution in [2.75, 3.05) is 20.6 Å². The van der Waals surface area contributed by atoms with Gasteiger partial charge in [-0.15, -0.1) is 0 Å². The Morgan fingerprint density at radius 3 is 1.78 bits per heavy atom. The van der Waals surface area contributed by atoms with E-state index in [1.807, 2.05) is 36.4 Å². The van der Waals surface area contributed by atoms with E-state index in [0.29, 0.717) is 12.2 Å². The van der Waals surface area contributed by atoms with Crippen molar-refractivity contribution >= 4 is 5.78 Å². The molecule has 0 aromatic heterocycles. The molecule has 2 heteroatoms. The van der Waals surface area contributed by atoms with Crippen molar-refractivity contribution in [3.05, 3.63) is 71.8 Å². The van der Waals surface area contributed by atoms with Crippen LogP contribution >= 0.6 is 0 Å². The third-order valence-corrected chi connectivity index (χ3v) is 4.42. The van der Waals surface area contributed by atoms with Gasteiger partial charge in [0.1, 0.15) is 5.78 Å². The van der Waals surface area contributed by atoms with Gasteiger partial charge in [-0.3, -0.25) is 4.79 Å². The summed E-state index contributed by atoms with van der Waals surface area (Å²) in [6.07, 6.45) is 2.28. The average Bonchev–Trinajstić information content (AvgIpc) is 2.57. The first-order chi connectivity index (χ1) is 11.1. The number of hydrogen-bond donors (Lipinski definition) is 0. The molecule has 0 saturated carbocycles. The molecule has 0 saturated heterocycles. The van der Waals surface area contributed by atoms with Crippen molar-refractivity contribution in [3.63, 3.8) is 0 Å². The SMILES string of the molecule is CCCC(=O)C(CCN(C)C)(c1ccccc1)c1ccccc1. The molecule has 0 heterocycles. The van der Waals surface area contributed by atoms with Gasteiger partial charge in [-0.2, -0.15) is 0 Å². The Morgan fingerprint density at radius 1 is 0.913 bits per heavy atom. The highest BCUT2D eigenvalue weighted by atomic mass is 16.1. The quantitative estimate of drug-likeness (QED) is 0.725. The summed E-state index contributed by atoms with van der Waals surface area (Å²) in [5.74, 6) is 0.319. The van der Waals surface area contributed by atoms with Crippen LogP contribution in [0, 0.1) is 0 Å². The van der Waals surface area contributed by atoms with Crippen molar-refractivity contribution in [2.24, 2.45) is 0 Å². The van der Waals surface area contributed by atoms with Crippen molar-refractivity contribution in [1.29, 1.82) is 0 Å². The number of ketones is 1. The van der Waals surface area contributed by atoms with E-state index < -0.39 is 5.41 Å². The number of nitrogens with zero attached hydrogens (tertiary/aromatic N) is 1. The minimum absolute atomic E-state index is 0.319. The first-order valence-corrected chi connectivity index (χ1v) is 8.40. The lowest BCUT2D eigenvalue weighted by Gasteiger charge is -2.35. The van der Waals surface area contributed by atoms with E-state index in [4.69, 9.17) is 0 Å². The zero-order valence-corrected chi connectivity index (χ0v) is 14.5. The third kappa shape index (κ3) is 3.89. The second-order valence-corrected chi connectivity index (χ2v) is 6.36. The van der Waals surface area contributed by atoms with Crippen LogP contribution in [0.25, 0.3) is 0 Å². The number of hydrogen-bond acceptors (Lipinski definition) is 2. The molecule has 0 amide bonds. The molecule has 0 aliphatic carbocycles. The highest BCUT2D eigenvalue weighted by Crippen LogP contribution is 2.38. The summed E-state index contributed by atoms with van der Waals surface area (Å²) in [6, 6.07) is 20.5. The molecule has 0 bridgehead atoms. The zero-order valence-electron chi connectivity index (χ0n) is 14.5. The molecule has 0 aliphatic heterocycles. The van der Waals surface area contributed by atoms with Crippen LogP contribution < -0.4 is 0 Å². The normalized spacial score (nSPS) is 11.7. The van der Waals surface area contributed by atoms with Gasteiger partial charge >= 0.3 is 0 Å². The van der Waals surface area contributed by atoms with Crippen LogP contribution in [0.2, 0.25) is 0 Å². The fourth-order valence-corrected chi connectivity index (χ4v) is 3.19. The summed E-state index contributed by atoms with van der Waals surface area (Å²) >= 11 is 0. The molecule has 0 unspecified atom stereocenters. The molecule has 2 rings (SSSR count). The predicted octanol–water partition coefficient (Wildman–Crippen LogP) is 4.29. The lowest BCUT2D eigenvalue weighted by atomic mass is 9.68. The van der Waals surface area contributed by atoms with Gasteiger partial charge in [0.2, 0.25) is 0 Å². The molecular formula is C21H27NO. The van der Waals surface area contributed by atoms with Crippen molar-refractivity contribution < 1.29 is 4.79 Å². The number of carbonyl (C=O) groups excluding carboxylic acids is 1. The minimum atomic E-state index is -0.553. The van der Waals surface area contributed by atoms with E-state index in [9.17, 15) is 4.79 Å². The molecule has 0 atom stereocenters. The van der Waals surface area contributed by atoms with Crippen LogP contribution in [0.15, 0.2) is 60.7 Å². The smallest absolute Gasteiger partial charge is 0.147 e. The topological polar surface area (TPSA) is 20.3 Å². The van der Waals surface area contributed by atoms with Crippen LogP contribution in [-0.2, 0) is 10.2 Å². The maximum absolute atomic E-state index is 13.3. The summed E-state index contributed by atoms with van der Waals surface area (Å²) in [6.45, 7) is 2.95. The van der Waals surface area contributed by atoms with Crippen molar-refractivity contribution in [3.8, 4) is 0 Å². The molecule has 0 fully saturated rings. The molecule has 2 aromatic rings. The molecule has 0 spiro atoms. The third-order valence-electron chi connectivity index (χ3n) is 4.42. The maximum atomic E-state index is 13.3. The number of rotatable bonds is 8. The fourth-order valence-electron chi connectivity index (χ4n) is 3.19. The Kier molecular flexibility index (Phi) is 6.12. The van der Waals surface area contributed by atoms with Gasteiger partial charge in [0.25, 0.3) is 0 Å². The molecule has 122 valence electrons. The molecule has 0 N–H and O–H groups in total. The summed E-state index contributed by atoms with van der Waals surface area (Å²) in [7, 11) is 4.12. The Bertz CT molecular complexity index is 565.